The van der Waals surface area contributed by atoms with Crippen molar-refractivity contribution in [3.8, 4) is 0 Å². The van der Waals surface area contributed by atoms with Gasteiger partial charge < -0.3 is 20.5 Å². The number of anilines is 1. The number of carbonyl (C=O) groups is 2. The van der Waals surface area contributed by atoms with E-state index >= 15 is 0 Å². The zero-order chi connectivity index (χ0) is 15.8. The summed E-state index contributed by atoms with van der Waals surface area (Å²) in [6, 6.07) is 6.01. The molecule has 114 valence electrons. The first-order valence-electron chi connectivity index (χ1n) is 6.78. The summed E-state index contributed by atoms with van der Waals surface area (Å²) in [5.41, 5.74) is 1.40. The second kappa shape index (κ2) is 7.84. The smallest absolute Gasteiger partial charge is 0.230 e. The first-order valence-corrected chi connectivity index (χ1v) is 6.78. The number of hydrogen-bond donors (Lipinski definition) is 2. The van der Waals surface area contributed by atoms with E-state index in [1.54, 1.807) is 42.1 Å². The number of quaternary nitrogens is 1. The topological polar surface area (TPSA) is 112 Å². The maximum Gasteiger partial charge on any atom is 0.230 e. The van der Waals surface area contributed by atoms with E-state index in [0.717, 1.165) is 5.56 Å². The van der Waals surface area contributed by atoms with Crippen molar-refractivity contribution in [2.75, 3.05) is 5.32 Å². The molecule has 2 heterocycles. The average molecular weight is 300 g/mol. The summed E-state index contributed by atoms with van der Waals surface area (Å²) in [7, 11) is 0. The molecule has 0 aromatic carbocycles. The van der Waals surface area contributed by atoms with E-state index in [-0.39, 0.29) is 6.42 Å². The van der Waals surface area contributed by atoms with Crippen LogP contribution in [0.4, 0.5) is 5.69 Å². The molecule has 2 aromatic heterocycles. The summed E-state index contributed by atoms with van der Waals surface area (Å²) in [5.74, 6) is -1.67. The standard InChI is InChI=1S/C15H16N4O3/c20-14(19-12-4-2-6-17-10-12)7-13(15(21)22)18-9-11-3-1-5-16-8-11/h1-6,8,10,13,18H,7,9H2,(H,19,20)(H,21,22)/t13-/m1/s1. The van der Waals surface area contributed by atoms with Crippen LogP contribution in [-0.2, 0) is 16.1 Å². The predicted octanol–water partition coefficient (Wildman–Crippen LogP) is -1.31. The predicted molar refractivity (Wildman–Crippen MR) is 76.1 cm³/mol. The van der Waals surface area contributed by atoms with Crippen LogP contribution in [0.3, 0.4) is 0 Å². The van der Waals surface area contributed by atoms with Gasteiger partial charge in [0.1, 0.15) is 12.6 Å². The molecular formula is C15H16N4O3. The maximum atomic E-state index is 11.9. The van der Waals surface area contributed by atoms with E-state index < -0.39 is 17.9 Å². The Balaban J connectivity index is 1.88. The zero-order valence-electron chi connectivity index (χ0n) is 11.8. The van der Waals surface area contributed by atoms with Crippen LogP contribution in [0.25, 0.3) is 0 Å². The van der Waals surface area contributed by atoms with Gasteiger partial charge in [-0.3, -0.25) is 14.8 Å². The van der Waals surface area contributed by atoms with Gasteiger partial charge in [0.15, 0.2) is 0 Å². The van der Waals surface area contributed by atoms with Gasteiger partial charge in [0.2, 0.25) is 5.91 Å². The van der Waals surface area contributed by atoms with Crippen LogP contribution in [0.5, 0.6) is 0 Å². The average Bonchev–Trinajstić information content (AvgIpc) is 2.53. The minimum absolute atomic E-state index is 0.183. The van der Waals surface area contributed by atoms with E-state index in [1.165, 1.54) is 6.20 Å². The number of amides is 1. The Labute approximate surface area is 127 Å². The summed E-state index contributed by atoms with van der Waals surface area (Å²) >= 11 is 0. The number of carboxylic acid groups (broad SMARTS) is 1. The highest BCUT2D eigenvalue weighted by molar-refractivity contribution is 5.93. The van der Waals surface area contributed by atoms with Crippen molar-refractivity contribution in [1.82, 2.24) is 9.97 Å². The van der Waals surface area contributed by atoms with Crippen LogP contribution in [0.2, 0.25) is 0 Å². The highest BCUT2D eigenvalue weighted by Crippen LogP contribution is 2.03. The number of aliphatic carboxylic acids is 1. The highest BCUT2D eigenvalue weighted by atomic mass is 16.4. The summed E-state index contributed by atoms with van der Waals surface area (Å²) in [5, 5.41) is 15.3. The maximum absolute atomic E-state index is 11.9. The number of nitrogens with zero attached hydrogens (tertiary/aromatic N) is 2. The second-order valence-corrected chi connectivity index (χ2v) is 4.72. The third kappa shape index (κ3) is 4.95. The Kier molecular flexibility index (Phi) is 5.56. The first-order chi connectivity index (χ1) is 10.6. The molecule has 3 N–H and O–H groups in total. The van der Waals surface area contributed by atoms with Crippen LogP contribution >= 0.6 is 0 Å². The van der Waals surface area contributed by atoms with Gasteiger partial charge in [-0.2, -0.15) is 0 Å². The molecule has 2 rings (SSSR count). The summed E-state index contributed by atoms with van der Waals surface area (Å²) in [6.45, 7) is 0.409. The van der Waals surface area contributed by atoms with E-state index in [9.17, 15) is 14.7 Å². The SMILES string of the molecule is O=C(C[C@@H]([NH2+]Cc1cccnc1)C(=O)[O-])Nc1cccnc1. The minimum atomic E-state index is -1.27. The van der Waals surface area contributed by atoms with Gasteiger partial charge in [0.05, 0.1) is 24.3 Å². The highest BCUT2D eigenvalue weighted by Gasteiger charge is 2.18. The third-order valence-corrected chi connectivity index (χ3v) is 3.01. The van der Waals surface area contributed by atoms with Crippen LogP contribution in [0.1, 0.15) is 12.0 Å². The van der Waals surface area contributed by atoms with Gasteiger partial charge in [-0.1, -0.05) is 6.07 Å². The molecule has 1 amide bonds. The molecule has 0 unspecified atom stereocenters. The van der Waals surface area contributed by atoms with Gasteiger partial charge in [-0.05, 0) is 18.2 Å². The number of carboxylic acids is 1. The van der Waals surface area contributed by atoms with Crippen molar-refractivity contribution in [3.05, 3.63) is 54.6 Å². The minimum Gasteiger partial charge on any atom is -0.544 e. The van der Waals surface area contributed by atoms with Crippen LogP contribution in [0, 0.1) is 0 Å². The first kappa shape index (κ1) is 15.6. The Hall–Kier alpha value is -2.80. The molecule has 7 heteroatoms. The van der Waals surface area contributed by atoms with Crippen LogP contribution in [-0.4, -0.2) is 27.9 Å². The lowest BCUT2D eigenvalue weighted by molar-refractivity contribution is -0.697. The van der Waals surface area contributed by atoms with Crippen LogP contribution < -0.4 is 15.7 Å². The summed E-state index contributed by atoms with van der Waals surface area (Å²) in [4.78, 5) is 30.9. The fourth-order valence-electron chi connectivity index (χ4n) is 1.91. The zero-order valence-corrected chi connectivity index (χ0v) is 11.8. The number of hydrogen-bond acceptors (Lipinski definition) is 5. The second-order valence-electron chi connectivity index (χ2n) is 4.72. The number of rotatable bonds is 7. The van der Waals surface area contributed by atoms with Crippen molar-refractivity contribution in [1.29, 1.82) is 0 Å². The van der Waals surface area contributed by atoms with Crippen molar-refractivity contribution in [2.45, 2.75) is 19.0 Å². The van der Waals surface area contributed by atoms with Crippen molar-refractivity contribution in [2.24, 2.45) is 0 Å². The Morgan fingerprint density at radius 2 is 1.91 bits per heavy atom. The van der Waals surface area contributed by atoms with Gasteiger partial charge in [0, 0.05) is 24.2 Å². The molecular weight excluding hydrogens is 284 g/mol. The molecule has 7 nitrogen and oxygen atoms in total. The number of nitrogens with two attached hydrogens (primary N) is 1. The lowest BCUT2D eigenvalue weighted by atomic mass is 10.1. The lowest BCUT2D eigenvalue weighted by Crippen LogP contribution is -2.92. The molecule has 0 saturated heterocycles. The van der Waals surface area contributed by atoms with E-state index in [1.807, 2.05) is 6.07 Å². The van der Waals surface area contributed by atoms with Crippen molar-refractivity contribution >= 4 is 17.6 Å². The molecule has 22 heavy (non-hydrogen) atoms. The third-order valence-electron chi connectivity index (χ3n) is 3.01. The normalized spacial score (nSPS) is 11.6. The molecule has 0 saturated carbocycles. The quantitative estimate of drug-likeness (QED) is 0.659. The summed E-state index contributed by atoms with van der Waals surface area (Å²) in [6.07, 6.45) is 6.18. The molecule has 1 atom stereocenters. The number of aromatic nitrogens is 2. The molecule has 0 aliphatic rings. The molecule has 0 fully saturated rings. The molecule has 2 aromatic rings. The van der Waals surface area contributed by atoms with Crippen LogP contribution in [0.15, 0.2) is 49.1 Å². The van der Waals surface area contributed by atoms with Gasteiger partial charge in [-0.25, -0.2) is 0 Å². The Morgan fingerprint density at radius 3 is 2.50 bits per heavy atom. The van der Waals surface area contributed by atoms with E-state index in [2.05, 4.69) is 15.3 Å². The molecule has 0 bridgehead atoms. The van der Waals surface area contributed by atoms with Gasteiger partial charge in [-0.15, -0.1) is 0 Å². The van der Waals surface area contributed by atoms with E-state index in [0.29, 0.717) is 12.2 Å². The lowest BCUT2D eigenvalue weighted by Gasteiger charge is -2.16. The molecule has 0 radical (unpaired) electrons. The fraction of sp³-hybridized carbons (Fsp3) is 0.200. The van der Waals surface area contributed by atoms with Gasteiger partial charge >= 0.3 is 0 Å². The van der Waals surface area contributed by atoms with Crippen molar-refractivity contribution in [3.63, 3.8) is 0 Å². The largest absolute Gasteiger partial charge is 0.544 e. The van der Waals surface area contributed by atoms with Crippen molar-refractivity contribution < 1.29 is 20.0 Å². The monoisotopic (exact) mass is 300 g/mol. The number of carbonyl (C=O) groups excluding carboxylic acids is 2. The van der Waals surface area contributed by atoms with E-state index in [4.69, 9.17) is 0 Å². The fourth-order valence-corrected chi connectivity index (χ4v) is 1.91. The molecule has 0 spiro atoms. The number of pyridine rings is 2. The summed E-state index contributed by atoms with van der Waals surface area (Å²) < 4.78 is 0. The number of nitrogens with one attached hydrogen (secondary N) is 1. The molecule has 0 aliphatic carbocycles. The molecule has 0 aliphatic heterocycles. The Bertz CT molecular complexity index is 619. The van der Waals surface area contributed by atoms with Gasteiger partial charge in [0.25, 0.3) is 0 Å². The Morgan fingerprint density at radius 1 is 1.18 bits per heavy atom.